The third-order valence-electron chi connectivity index (χ3n) is 6.07. The van der Waals surface area contributed by atoms with Gasteiger partial charge >= 0.3 is 0 Å². The molecule has 2 atom stereocenters. The Balaban J connectivity index is 1.55. The molecule has 150 valence electrons. The Labute approximate surface area is 176 Å². The smallest absolute Gasteiger partial charge is 0.271 e. The Morgan fingerprint density at radius 2 is 2.20 bits per heavy atom. The highest BCUT2D eigenvalue weighted by Crippen LogP contribution is 2.36. The van der Waals surface area contributed by atoms with Crippen LogP contribution in [0.25, 0.3) is 26.3 Å². The lowest BCUT2D eigenvalue weighted by Gasteiger charge is -2.29. The third kappa shape index (κ3) is 3.03. The first-order valence-electron chi connectivity index (χ1n) is 10.00. The maximum Gasteiger partial charge on any atom is 0.271 e. The van der Waals surface area contributed by atoms with Gasteiger partial charge in [-0.1, -0.05) is 13.2 Å². The summed E-state index contributed by atoms with van der Waals surface area (Å²) in [5.74, 6) is 2.23. The molecule has 0 bridgehead atoms. The van der Waals surface area contributed by atoms with Crippen LogP contribution in [-0.4, -0.2) is 25.6 Å². The molecule has 0 amide bonds. The minimum Gasteiger partial charge on any atom is -0.304 e. The minimum absolute atomic E-state index is 0.0543. The van der Waals surface area contributed by atoms with Crippen LogP contribution in [0.3, 0.4) is 0 Å². The molecule has 30 heavy (non-hydrogen) atoms. The van der Waals surface area contributed by atoms with Crippen molar-refractivity contribution in [2.75, 3.05) is 0 Å². The Kier molecular flexibility index (Phi) is 4.47. The van der Waals surface area contributed by atoms with Crippen molar-refractivity contribution in [3.05, 3.63) is 52.7 Å². The van der Waals surface area contributed by atoms with Crippen molar-refractivity contribution >= 4 is 33.9 Å². The molecule has 1 fully saturated rings. The molecule has 4 aromatic heterocycles. The standard InChI is InChI=1S/C21H19BFN5OS/c1-12-5-15(3-4-22(12)10-24)28-11-25-17-7-18(30-19(17)21(28)29)14-6-16(23)20-26-13(2)8-27(20)9-14/h6-9,11-12,15H,3-5H2,1-2H3. The molecule has 6 nitrogen and oxygen atoms in total. The summed E-state index contributed by atoms with van der Waals surface area (Å²) in [6.45, 7) is 3.95. The van der Waals surface area contributed by atoms with Crippen molar-refractivity contribution in [1.82, 2.24) is 18.9 Å². The summed E-state index contributed by atoms with van der Waals surface area (Å²) < 4.78 is 18.5. The molecule has 1 saturated heterocycles. The van der Waals surface area contributed by atoms with Crippen LogP contribution < -0.4 is 5.56 Å². The van der Waals surface area contributed by atoms with Crippen molar-refractivity contribution in [1.29, 1.82) is 5.26 Å². The topological polar surface area (TPSA) is 76.0 Å². The Morgan fingerprint density at radius 3 is 2.97 bits per heavy atom. The Hall–Kier alpha value is -2.99. The van der Waals surface area contributed by atoms with Gasteiger partial charge in [-0.15, -0.1) is 11.3 Å². The summed E-state index contributed by atoms with van der Waals surface area (Å²) in [6, 6.07) is 3.35. The van der Waals surface area contributed by atoms with Crippen LogP contribution in [0.15, 0.2) is 35.6 Å². The molecule has 2 unspecified atom stereocenters. The monoisotopic (exact) mass is 419 g/mol. The average molecular weight is 419 g/mol. The molecule has 0 aliphatic carbocycles. The van der Waals surface area contributed by atoms with Gasteiger partial charge < -0.3 is 4.40 Å². The van der Waals surface area contributed by atoms with E-state index >= 15 is 0 Å². The van der Waals surface area contributed by atoms with E-state index in [1.807, 2.05) is 19.2 Å². The van der Waals surface area contributed by atoms with Crippen LogP contribution in [0.1, 0.15) is 31.5 Å². The first-order chi connectivity index (χ1) is 14.4. The van der Waals surface area contributed by atoms with Gasteiger partial charge in [0, 0.05) is 34.8 Å². The van der Waals surface area contributed by atoms with Crippen molar-refractivity contribution in [2.45, 2.75) is 44.9 Å². The van der Waals surface area contributed by atoms with Crippen LogP contribution in [-0.2, 0) is 0 Å². The number of hydrogen-bond donors (Lipinski definition) is 0. The van der Waals surface area contributed by atoms with E-state index in [9.17, 15) is 14.4 Å². The molecule has 1 aliphatic rings. The fraction of sp³-hybridized carbons (Fsp3) is 0.333. The summed E-state index contributed by atoms with van der Waals surface area (Å²) in [4.78, 5) is 22.7. The first kappa shape index (κ1) is 19.0. The van der Waals surface area contributed by atoms with Gasteiger partial charge in [-0.3, -0.25) is 9.36 Å². The summed E-state index contributed by atoms with van der Waals surface area (Å²) in [5, 5.41) is 9.25. The summed E-state index contributed by atoms with van der Waals surface area (Å²) in [6.07, 6.45) is 7.62. The minimum atomic E-state index is -0.397. The number of hydrogen-bond acceptors (Lipinski definition) is 5. The Morgan fingerprint density at radius 1 is 1.37 bits per heavy atom. The lowest BCUT2D eigenvalue weighted by atomic mass is 9.37. The molecule has 5 heterocycles. The number of rotatable bonds is 2. The predicted molar refractivity (Wildman–Crippen MR) is 117 cm³/mol. The van der Waals surface area contributed by atoms with Crippen molar-refractivity contribution < 1.29 is 4.39 Å². The van der Waals surface area contributed by atoms with Gasteiger partial charge in [0.05, 0.1) is 17.5 Å². The van der Waals surface area contributed by atoms with Crippen molar-refractivity contribution in [3.63, 3.8) is 0 Å². The summed E-state index contributed by atoms with van der Waals surface area (Å²) in [5.41, 5.74) is 2.28. The van der Waals surface area contributed by atoms with Crippen LogP contribution in [0.2, 0.25) is 12.1 Å². The molecule has 0 spiro atoms. The number of nitriles is 1. The number of imidazole rings is 1. The zero-order valence-electron chi connectivity index (χ0n) is 16.7. The lowest BCUT2D eigenvalue weighted by molar-refractivity contribution is 0.413. The second-order valence-corrected chi connectivity index (χ2v) is 9.20. The molecule has 1 aliphatic heterocycles. The van der Waals surface area contributed by atoms with Gasteiger partial charge in [-0.25, -0.2) is 19.6 Å². The highest BCUT2D eigenvalue weighted by Gasteiger charge is 2.32. The molecule has 5 rings (SSSR count). The fourth-order valence-electron chi connectivity index (χ4n) is 4.45. The highest BCUT2D eigenvalue weighted by atomic mass is 32.1. The number of aromatic nitrogens is 4. The van der Waals surface area contributed by atoms with Gasteiger partial charge in [0.2, 0.25) is 0 Å². The van der Waals surface area contributed by atoms with E-state index in [-0.39, 0.29) is 24.1 Å². The molecular weight excluding hydrogens is 400 g/mol. The average Bonchev–Trinajstić information content (AvgIpc) is 3.32. The van der Waals surface area contributed by atoms with Gasteiger partial charge in [-0.05, 0) is 37.7 Å². The second-order valence-electron chi connectivity index (χ2n) is 8.15. The second kappa shape index (κ2) is 7.06. The quantitative estimate of drug-likeness (QED) is 0.449. The van der Waals surface area contributed by atoms with Gasteiger partial charge in [-0.2, -0.15) is 0 Å². The number of aryl methyl sites for hydroxylation is 1. The number of thiophene rings is 1. The van der Waals surface area contributed by atoms with E-state index in [0.29, 0.717) is 21.4 Å². The van der Waals surface area contributed by atoms with E-state index in [2.05, 4.69) is 22.9 Å². The van der Waals surface area contributed by atoms with Gasteiger partial charge in [0.15, 0.2) is 11.5 Å². The zero-order chi connectivity index (χ0) is 21.0. The van der Waals surface area contributed by atoms with Crippen molar-refractivity contribution in [3.8, 4) is 16.4 Å². The summed E-state index contributed by atoms with van der Waals surface area (Å²) in [7, 11) is 0. The fourth-order valence-corrected chi connectivity index (χ4v) is 5.48. The molecule has 0 radical (unpaired) electrons. The molecule has 9 heteroatoms. The van der Waals surface area contributed by atoms with Crippen LogP contribution in [0.4, 0.5) is 4.39 Å². The maximum absolute atomic E-state index is 14.5. The molecular formula is C21H19BFN5OS. The highest BCUT2D eigenvalue weighted by molar-refractivity contribution is 7.22. The normalized spacial score (nSPS) is 19.5. The molecule has 0 saturated carbocycles. The lowest BCUT2D eigenvalue weighted by Crippen LogP contribution is -2.32. The SMILES string of the molecule is Cc1cn2cc(-c3cc4ncn(C5CCB(C#N)C(C)C5)c(=O)c4s3)cc(F)c2n1. The van der Waals surface area contributed by atoms with Crippen LogP contribution in [0, 0.1) is 24.0 Å². The maximum atomic E-state index is 14.5. The third-order valence-corrected chi connectivity index (χ3v) is 7.24. The zero-order valence-corrected chi connectivity index (χ0v) is 17.5. The van der Waals surface area contributed by atoms with Gasteiger partial charge in [0.25, 0.3) is 12.3 Å². The Bertz CT molecular complexity index is 1380. The number of fused-ring (bicyclic) bond motifs is 2. The predicted octanol–water partition coefficient (Wildman–Crippen LogP) is 4.50. The molecule has 0 aromatic carbocycles. The van der Waals surface area contributed by atoms with E-state index in [4.69, 9.17) is 0 Å². The van der Waals surface area contributed by atoms with Crippen LogP contribution in [0.5, 0.6) is 0 Å². The first-order valence-corrected chi connectivity index (χ1v) is 10.8. The number of pyridine rings is 1. The molecule has 0 N–H and O–H groups in total. The van der Waals surface area contributed by atoms with Gasteiger partial charge in [0.1, 0.15) is 4.70 Å². The number of nitrogens with zero attached hydrogens (tertiary/aromatic N) is 5. The van der Waals surface area contributed by atoms with E-state index < -0.39 is 5.82 Å². The molecule has 4 aromatic rings. The largest absolute Gasteiger partial charge is 0.304 e. The van der Waals surface area contributed by atoms with E-state index in [1.165, 1.54) is 17.4 Å². The van der Waals surface area contributed by atoms with Crippen LogP contribution >= 0.6 is 11.3 Å². The van der Waals surface area contributed by atoms with E-state index in [1.54, 1.807) is 21.5 Å². The summed E-state index contributed by atoms with van der Waals surface area (Å²) >= 11 is 1.34. The van der Waals surface area contributed by atoms with Crippen molar-refractivity contribution in [2.24, 2.45) is 0 Å². The number of halogens is 1. The van der Waals surface area contributed by atoms with E-state index in [0.717, 1.165) is 29.7 Å².